The van der Waals surface area contributed by atoms with Crippen molar-refractivity contribution in [3.05, 3.63) is 0 Å². The van der Waals surface area contributed by atoms with Crippen LogP contribution < -0.4 is 15.7 Å². The Hall–Kier alpha value is -1.72. The maximum atomic E-state index is 12.4. The van der Waals surface area contributed by atoms with E-state index in [0.29, 0.717) is 12.5 Å². The van der Waals surface area contributed by atoms with Crippen LogP contribution in [0.2, 0.25) is 0 Å². The Morgan fingerprint density at radius 3 is 2.19 bits per heavy atom. The molecule has 1 heterocycles. The van der Waals surface area contributed by atoms with E-state index < -0.39 is 46.4 Å². The average Bonchev–Trinajstić information content (AvgIpc) is 2.83. The zero-order valence-corrected chi connectivity index (χ0v) is 16.1. The van der Waals surface area contributed by atoms with Crippen LogP contribution in [0.15, 0.2) is 0 Å². The number of aliphatic carboxylic acids is 1. The number of amides is 2. The van der Waals surface area contributed by atoms with Gasteiger partial charge in [0, 0.05) is 6.54 Å². The molecule has 0 spiro atoms. The normalized spacial score (nSPS) is 23.0. The predicted molar refractivity (Wildman–Crippen MR) is 87.5 cm³/mol. The molecule has 2 N–H and O–H groups in total. The highest BCUT2D eigenvalue weighted by Gasteiger charge is 2.53. The number of nitrogens with one attached hydrogen (secondary N) is 2. The number of carbonyl (C=O) groups is 3. The lowest BCUT2D eigenvalue weighted by atomic mass is 10.00. The monoisotopic (exact) mass is 393 g/mol. The Morgan fingerprint density at radius 1 is 1.15 bits per heavy atom. The van der Waals surface area contributed by atoms with Gasteiger partial charge in [0.05, 0.1) is 5.97 Å². The number of hydrogen-bond acceptors (Lipinski definition) is 8. The lowest BCUT2D eigenvalue weighted by Gasteiger charge is -2.28. The molecule has 2 amide bonds. The van der Waals surface area contributed by atoms with Crippen LogP contribution in [-0.4, -0.2) is 51.0 Å². The van der Waals surface area contributed by atoms with E-state index in [1.54, 1.807) is 0 Å². The fraction of sp³-hybridized carbons (Fsp3) is 0.800. The van der Waals surface area contributed by atoms with E-state index in [0.717, 1.165) is 6.42 Å². The minimum atomic E-state index is -4.63. The molecule has 1 aliphatic rings. The molecule has 1 rings (SSSR count). The van der Waals surface area contributed by atoms with Crippen LogP contribution in [0, 0.1) is 11.8 Å². The molecule has 11 heteroatoms. The molecule has 0 unspecified atom stereocenters. The van der Waals surface area contributed by atoms with Crippen LogP contribution >= 0.6 is 0 Å². The molecule has 0 bridgehead atoms. The van der Waals surface area contributed by atoms with Gasteiger partial charge in [-0.3, -0.25) is 9.59 Å². The molecule has 150 valence electrons. The van der Waals surface area contributed by atoms with E-state index in [-0.39, 0.29) is 12.3 Å². The van der Waals surface area contributed by atoms with Crippen molar-refractivity contribution < 1.29 is 36.3 Å². The van der Waals surface area contributed by atoms with Gasteiger partial charge in [0.15, 0.2) is 0 Å². The van der Waals surface area contributed by atoms with Crippen LogP contribution in [0.4, 0.5) is 0 Å². The molecule has 1 aliphatic heterocycles. The summed E-state index contributed by atoms with van der Waals surface area (Å²) in [7, 11) is -4.63. The summed E-state index contributed by atoms with van der Waals surface area (Å²) in [5.74, 6) is -3.52. The first kappa shape index (κ1) is 22.3. The lowest BCUT2D eigenvalue weighted by Crippen LogP contribution is -2.63. The number of carboxylic acids is 1. The van der Waals surface area contributed by atoms with Crippen molar-refractivity contribution in [2.24, 2.45) is 11.8 Å². The number of hydrogen-bond donors (Lipinski definition) is 2. The van der Waals surface area contributed by atoms with Crippen LogP contribution in [0.1, 0.15) is 40.5 Å². The molecule has 10 nitrogen and oxygen atoms in total. The number of carboxylic acid groups (broad SMARTS) is 1. The quantitative estimate of drug-likeness (QED) is 0.447. The van der Waals surface area contributed by atoms with Gasteiger partial charge in [0.1, 0.15) is 12.6 Å². The lowest BCUT2D eigenvalue weighted by molar-refractivity contribution is -0.319. The number of carbonyl (C=O) groups excluding carboxylic acids is 3. The zero-order valence-electron chi connectivity index (χ0n) is 15.2. The third-order valence-corrected chi connectivity index (χ3v) is 4.59. The summed E-state index contributed by atoms with van der Waals surface area (Å²) in [5.41, 5.74) is -2.85. The molecule has 0 aromatic heterocycles. The van der Waals surface area contributed by atoms with Crippen LogP contribution in [0.5, 0.6) is 0 Å². The molecule has 1 fully saturated rings. The van der Waals surface area contributed by atoms with Crippen molar-refractivity contribution in [2.45, 2.75) is 52.2 Å². The van der Waals surface area contributed by atoms with Gasteiger partial charge in [0.25, 0.3) is 5.91 Å². The Labute approximate surface area is 152 Å². The highest BCUT2D eigenvalue weighted by Crippen LogP contribution is 2.25. The Balaban J connectivity index is 2.90. The van der Waals surface area contributed by atoms with Gasteiger partial charge in [0.2, 0.25) is 11.5 Å². The van der Waals surface area contributed by atoms with E-state index in [2.05, 4.69) is 19.0 Å². The topological polar surface area (TPSA) is 151 Å². The predicted octanol–water partition coefficient (Wildman–Crippen LogP) is -1.54. The second-order valence-electron chi connectivity index (χ2n) is 7.00. The Bertz CT molecular complexity index is 646. The smallest absolute Gasteiger partial charge is 0.401 e. The summed E-state index contributed by atoms with van der Waals surface area (Å²) in [6.45, 7) is 6.93. The minimum absolute atomic E-state index is 0.000434. The first-order chi connectivity index (χ1) is 11.9. The summed E-state index contributed by atoms with van der Waals surface area (Å²) >= 11 is 0. The maximum Gasteiger partial charge on any atom is 0.401 e. The third-order valence-electron chi connectivity index (χ3n) is 3.70. The van der Waals surface area contributed by atoms with E-state index in [1.165, 1.54) is 0 Å². The van der Waals surface area contributed by atoms with Crippen molar-refractivity contribution in [2.75, 3.05) is 13.2 Å². The van der Waals surface area contributed by atoms with Crippen molar-refractivity contribution in [3.63, 3.8) is 0 Å². The first-order valence-electron chi connectivity index (χ1n) is 8.29. The van der Waals surface area contributed by atoms with Crippen LogP contribution in [0.3, 0.4) is 0 Å². The van der Waals surface area contributed by atoms with Gasteiger partial charge in [-0.25, -0.2) is 8.37 Å². The van der Waals surface area contributed by atoms with Crippen molar-refractivity contribution in [1.29, 1.82) is 0 Å². The highest BCUT2D eigenvalue weighted by molar-refractivity contribution is 7.82. The molecule has 0 aliphatic carbocycles. The van der Waals surface area contributed by atoms with Crippen molar-refractivity contribution in [3.8, 4) is 0 Å². The van der Waals surface area contributed by atoms with Crippen molar-refractivity contribution >= 4 is 28.2 Å². The average molecular weight is 393 g/mol. The first-order valence-corrected chi connectivity index (χ1v) is 9.63. The van der Waals surface area contributed by atoms with Gasteiger partial charge in [-0.2, -0.15) is 8.42 Å². The Kier molecular flexibility index (Phi) is 7.54. The second-order valence-corrected chi connectivity index (χ2v) is 8.22. The fourth-order valence-electron chi connectivity index (χ4n) is 2.25. The molecule has 1 saturated heterocycles. The summed E-state index contributed by atoms with van der Waals surface area (Å²) in [4.78, 5) is 36.1. The molecule has 2 atom stereocenters. The van der Waals surface area contributed by atoms with Gasteiger partial charge in [-0.05, 0) is 24.7 Å². The van der Waals surface area contributed by atoms with E-state index in [4.69, 9.17) is 0 Å². The van der Waals surface area contributed by atoms with E-state index >= 15 is 0 Å². The van der Waals surface area contributed by atoms with E-state index in [9.17, 15) is 27.9 Å². The molecule has 26 heavy (non-hydrogen) atoms. The largest absolute Gasteiger partial charge is 0.546 e. The van der Waals surface area contributed by atoms with Gasteiger partial charge in [-0.1, -0.05) is 27.7 Å². The molecule has 0 aromatic rings. The molecule has 0 radical (unpaired) electrons. The van der Waals surface area contributed by atoms with Gasteiger partial charge >= 0.3 is 10.4 Å². The van der Waals surface area contributed by atoms with Gasteiger partial charge in [-0.15, -0.1) is 0 Å². The number of rotatable bonds is 9. The summed E-state index contributed by atoms with van der Waals surface area (Å²) in [6, 6.07) is -1.06. The van der Waals surface area contributed by atoms with Crippen molar-refractivity contribution in [1.82, 2.24) is 10.6 Å². The van der Waals surface area contributed by atoms with Crippen LogP contribution in [-0.2, 0) is 33.1 Å². The van der Waals surface area contributed by atoms with Crippen LogP contribution in [0.25, 0.3) is 0 Å². The van der Waals surface area contributed by atoms with E-state index in [1.807, 2.05) is 27.7 Å². The fourth-order valence-corrected chi connectivity index (χ4v) is 3.15. The highest BCUT2D eigenvalue weighted by atomic mass is 32.3. The molecular formula is C15H25N2O8S-. The summed E-state index contributed by atoms with van der Waals surface area (Å²) in [6.07, 6.45) is 0.947. The Morgan fingerprint density at radius 2 is 1.77 bits per heavy atom. The summed E-state index contributed by atoms with van der Waals surface area (Å²) < 4.78 is 31.0. The molecule has 0 saturated carbocycles. The van der Waals surface area contributed by atoms with Gasteiger partial charge < -0.3 is 20.5 Å². The summed E-state index contributed by atoms with van der Waals surface area (Å²) in [5, 5.41) is 16.2. The molecule has 0 aromatic carbocycles. The second kappa shape index (κ2) is 8.78. The minimum Gasteiger partial charge on any atom is -0.546 e. The third kappa shape index (κ3) is 5.92. The zero-order chi connectivity index (χ0) is 20.1. The maximum absolute atomic E-state index is 12.4. The molecular weight excluding hydrogens is 368 g/mol. The SMILES string of the molecule is CC(C)CCNC(=O)[C@H](CC(C)C)NC(=O)[C@]1(C(=O)[O-])COS(=O)(=O)O1. The standard InChI is InChI=1S/C15H26N2O8S/c1-9(2)5-6-16-12(18)11(7-10(3)4)17-13(19)15(14(20)21)8-24-26(22,23)25-15/h9-11H,5-8H2,1-4H3,(H,16,18)(H,17,19)(H,20,21)/p-1/t11-,15-/m0/s1.